The zero-order chi connectivity index (χ0) is 25.3. The Balaban J connectivity index is 2.37. The summed E-state index contributed by atoms with van der Waals surface area (Å²) in [6, 6.07) is 7.32. The van der Waals surface area contributed by atoms with Crippen molar-refractivity contribution in [2.45, 2.75) is 84.6 Å². The van der Waals surface area contributed by atoms with Crippen LogP contribution in [0, 0.1) is 0 Å². The molecule has 0 aliphatic carbocycles. The number of hydrogen-bond acceptors (Lipinski definition) is 10. The van der Waals surface area contributed by atoms with Crippen LogP contribution in [-0.4, -0.2) is 61.2 Å². The van der Waals surface area contributed by atoms with Crippen LogP contribution in [0.5, 0.6) is 5.75 Å². The van der Waals surface area contributed by atoms with Crippen LogP contribution in [0.25, 0.3) is 0 Å². The number of unbranched alkanes of at least 4 members (excludes halogenated alkanes) is 1. The van der Waals surface area contributed by atoms with Crippen LogP contribution >= 0.6 is 0 Å². The number of ether oxygens (including phenoxy) is 6. The molecule has 0 saturated carbocycles. The van der Waals surface area contributed by atoms with Gasteiger partial charge in [0.1, 0.15) is 18.5 Å². The van der Waals surface area contributed by atoms with Crippen molar-refractivity contribution in [3.05, 3.63) is 29.8 Å². The van der Waals surface area contributed by atoms with Crippen molar-refractivity contribution in [1.29, 1.82) is 0 Å². The summed E-state index contributed by atoms with van der Waals surface area (Å²) in [6.45, 7) is 6.52. The molecule has 1 saturated heterocycles. The molecule has 0 bridgehead atoms. The highest BCUT2D eigenvalue weighted by molar-refractivity contribution is 5.68. The first kappa shape index (κ1) is 27.1. The molecule has 10 heteroatoms. The maximum absolute atomic E-state index is 11.9. The normalized spacial score (nSPS) is 24.0. The molecule has 1 aliphatic heterocycles. The quantitative estimate of drug-likeness (QED) is 0.364. The second-order valence-corrected chi connectivity index (χ2v) is 7.93. The molecule has 5 unspecified atom stereocenters. The number of carbonyl (C=O) groups is 4. The van der Waals surface area contributed by atoms with Crippen molar-refractivity contribution < 1.29 is 47.6 Å². The first-order valence-electron chi connectivity index (χ1n) is 11.2. The van der Waals surface area contributed by atoms with Crippen LogP contribution in [-0.2, 0) is 49.3 Å². The van der Waals surface area contributed by atoms with E-state index in [2.05, 4.69) is 6.92 Å². The number of carbonyl (C=O) groups excluding carboxylic acids is 4. The number of aryl methyl sites for hydroxylation is 1. The van der Waals surface area contributed by atoms with Gasteiger partial charge in [-0.3, -0.25) is 19.2 Å². The van der Waals surface area contributed by atoms with E-state index in [1.54, 1.807) is 12.1 Å². The Hall–Kier alpha value is -3.14. The molecule has 0 N–H and O–H groups in total. The maximum Gasteiger partial charge on any atom is 0.303 e. The molecule has 0 amide bonds. The van der Waals surface area contributed by atoms with Gasteiger partial charge in [0.15, 0.2) is 12.2 Å². The summed E-state index contributed by atoms with van der Waals surface area (Å²) in [7, 11) is 0. The minimum absolute atomic E-state index is 0.312. The van der Waals surface area contributed by atoms with Crippen molar-refractivity contribution in [1.82, 2.24) is 0 Å². The van der Waals surface area contributed by atoms with Crippen LogP contribution in [0.3, 0.4) is 0 Å². The van der Waals surface area contributed by atoms with Gasteiger partial charge in [-0.05, 0) is 30.5 Å². The second kappa shape index (κ2) is 12.9. The van der Waals surface area contributed by atoms with Gasteiger partial charge >= 0.3 is 23.9 Å². The minimum atomic E-state index is -1.27. The molecule has 0 radical (unpaired) electrons. The molecule has 1 fully saturated rings. The largest absolute Gasteiger partial charge is 0.463 e. The van der Waals surface area contributed by atoms with E-state index in [9.17, 15) is 19.2 Å². The van der Waals surface area contributed by atoms with Gasteiger partial charge in [-0.15, -0.1) is 0 Å². The van der Waals surface area contributed by atoms with Gasteiger partial charge in [0.25, 0.3) is 0 Å². The second-order valence-electron chi connectivity index (χ2n) is 7.93. The van der Waals surface area contributed by atoms with Crippen molar-refractivity contribution in [3.8, 4) is 5.75 Å². The Morgan fingerprint density at radius 1 is 0.794 bits per heavy atom. The molecule has 1 aromatic carbocycles. The molecule has 5 atom stereocenters. The number of esters is 4. The van der Waals surface area contributed by atoms with Gasteiger partial charge in [-0.25, -0.2) is 0 Å². The van der Waals surface area contributed by atoms with Crippen LogP contribution < -0.4 is 4.74 Å². The van der Waals surface area contributed by atoms with Crippen LogP contribution in [0.4, 0.5) is 0 Å². The highest BCUT2D eigenvalue weighted by Gasteiger charge is 2.53. The van der Waals surface area contributed by atoms with E-state index in [1.807, 2.05) is 12.1 Å². The van der Waals surface area contributed by atoms with Gasteiger partial charge in [-0.1, -0.05) is 25.5 Å². The minimum Gasteiger partial charge on any atom is -0.463 e. The molecular formula is C24H32O10. The van der Waals surface area contributed by atoms with E-state index in [-0.39, 0.29) is 6.61 Å². The molecule has 34 heavy (non-hydrogen) atoms. The van der Waals surface area contributed by atoms with Gasteiger partial charge in [0.2, 0.25) is 12.4 Å². The summed E-state index contributed by atoms with van der Waals surface area (Å²) in [6.07, 6.45) is -3.01. The zero-order valence-electron chi connectivity index (χ0n) is 20.1. The number of hydrogen-bond donors (Lipinski definition) is 0. The maximum atomic E-state index is 11.9. The van der Waals surface area contributed by atoms with Crippen molar-refractivity contribution in [3.63, 3.8) is 0 Å². The smallest absolute Gasteiger partial charge is 0.303 e. The number of benzene rings is 1. The van der Waals surface area contributed by atoms with Gasteiger partial charge in [-0.2, -0.15) is 0 Å². The lowest BCUT2D eigenvalue weighted by Gasteiger charge is -2.43. The predicted octanol–water partition coefficient (Wildman–Crippen LogP) is 2.49. The summed E-state index contributed by atoms with van der Waals surface area (Å²) < 4.78 is 33.1. The van der Waals surface area contributed by atoms with E-state index in [0.717, 1.165) is 38.7 Å². The first-order valence-corrected chi connectivity index (χ1v) is 11.2. The molecule has 1 aliphatic rings. The summed E-state index contributed by atoms with van der Waals surface area (Å²) in [5.41, 5.74) is 1.13. The average molecular weight is 481 g/mol. The van der Waals surface area contributed by atoms with Crippen molar-refractivity contribution in [2.75, 3.05) is 6.61 Å². The Bertz CT molecular complexity index is 850. The lowest BCUT2D eigenvalue weighted by molar-refractivity contribution is -0.288. The first-order chi connectivity index (χ1) is 16.1. The SMILES string of the molecule is CCCCc1ccc(OC2OC(COC(C)=O)C(OC(C)=O)C(OC(C)=O)C2OC(C)=O)cc1. The standard InChI is InChI=1S/C24H32O10/c1-6-7-8-18-9-11-19(12-10-18)33-24-23(32-17(5)28)22(31-16(4)27)21(30-15(3)26)20(34-24)13-29-14(2)25/h9-12,20-24H,6-8,13H2,1-5H3. The van der Waals surface area contributed by atoms with E-state index in [4.69, 9.17) is 28.4 Å². The molecule has 0 spiro atoms. The predicted molar refractivity (Wildman–Crippen MR) is 118 cm³/mol. The lowest BCUT2D eigenvalue weighted by atomic mass is 9.98. The molecular weight excluding hydrogens is 448 g/mol. The third-order valence-electron chi connectivity index (χ3n) is 4.94. The molecule has 0 aromatic heterocycles. The van der Waals surface area contributed by atoms with E-state index >= 15 is 0 Å². The van der Waals surface area contributed by atoms with Gasteiger partial charge < -0.3 is 28.4 Å². The fourth-order valence-corrected chi connectivity index (χ4v) is 3.53. The van der Waals surface area contributed by atoms with Crippen LogP contribution in [0.2, 0.25) is 0 Å². The zero-order valence-corrected chi connectivity index (χ0v) is 20.1. The average Bonchev–Trinajstić information content (AvgIpc) is 2.75. The molecule has 2 rings (SSSR count). The fourth-order valence-electron chi connectivity index (χ4n) is 3.53. The topological polar surface area (TPSA) is 124 Å². The third kappa shape index (κ3) is 8.33. The fraction of sp³-hybridized carbons (Fsp3) is 0.583. The van der Waals surface area contributed by atoms with Gasteiger partial charge in [0, 0.05) is 27.7 Å². The molecule has 10 nitrogen and oxygen atoms in total. The summed E-state index contributed by atoms with van der Waals surface area (Å²) in [5.74, 6) is -2.25. The van der Waals surface area contributed by atoms with E-state index in [1.165, 1.54) is 13.8 Å². The highest BCUT2D eigenvalue weighted by atomic mass is 16.7. The van der Waals surface area contributed by atoms with Crippen molar-refractivity contribution >= 4 is 23.9 Å². The van der Waals surface area contributed by atoms with Crippen LogP contribution in [0.1, 0.15) is 53.0 Å². The monoisotopic (exact) mass is 480 g/mol. The molecule has 188 valence electrons. The highest BCUT2D eigenvalue weighted by Crippen LogP contribution is 2.31. The Morgan fingerprint density at radius 3 is 1.88 bits per heavy atom. The van der Waals surface area contributed by atoms with E-state index < -0.39 is 54.6 Å². The summed E-state index contributed by atoms with van der Waals surface area (Å²) in [4.78, 5) is 46.9. The van der Waals surface area contributed by atoms with Crippen LogP contribution in [0.15, 0.2) is 24.3 Å². The summed E-state index contributed by atoms with van der Waals surface area (Å²) in [5, 5.41) is 0. The van der Waals surface area contributed by atoms with E-state index in [0.29, 0.717) is 5.75 Å². The molecule has 1 aromatic rings. The summed E-state index contributed by atoms with van der Waals surface area (Å²) >= 11 is 0. The number of rotatable bonds is 10. The van der Waals surface area contributed by atoms with Crippen molar-refractivity contribution in [2.24, 2.45) is 0 Å². The van der Waals surface area contributed by atoms with Gasteiger partial charge in [0.05, 0.1) is 0 Å². The lowest BCUT2D eigenvalue weighted by Crippen LogP contribution is -2.63. The third-order valence-corrected chi connectivity index (χ3v) is 4.94. The Kier molecular flexibility index (Phi) is 10.3. The molecule has 1 heterocycles. The Morgan fingerprint density at radius 2 is 1.35 bits per heavy atom. The Labute approximate surface area is 198 Å².